The first kappa shape index (κ1) is 13.9. The van der Waals surface area contributed by atoms with Crippen LogP contribution in [0.2, 0.25) is 32.2 Å². The highest BCUT2D eigenvalue weighted by molar-refractivity contribution is 7.38. The molecule has 1 heterocycles. The van der Waals surface area contributed by atoms with Gasteiger partial charge in [-0.05, 0) is 32.9 Å². The zero-order valence-corrected chi connectivity index (χ0v) is 13.1. The molecule has 1 aliphatic heterocycles. The number of hydrogen-bond acceptors (Lipinski definition) is 2. The second-order valence-electron chi connectivity index (χ2n) is 6.34. The molecule has 94 valence electrons. The van der Waals surface area contributed by atoms with Crippen molar-refractivity contribution < 1.29 is 14.3 Å². The van der Waals surface area contributed by atoms with Crippen molar-refractivity contribution in [3.05, 3.63) is 0 Å². The highest BCUT2D eigenvalue weighted by Gasteiger charge is 2.51. The Kier molecular flexibility index (Phi) is 3.72. The molecular formula is C11H24O3Si2. The Morgan fingerprint density at radius 2 is 1.94 bits per heavy atom. The molecule has 0 aromatic carbocycles. The maximum absolute atomic E-state index is 10.6. The van der Waals surface area contributed by atoms with E-state index in [9.17, 15) is 4.79 Å². The molecule has 1 unspecified atom stereocenters. The molecule has 1 saturated heterocycles. The van der Waals surface area contributed by atoms with Crippen LogP contribution >= 0.6 is 0 Å². The van der Waals surface area contributed by atoms with Gasteiger partial charge in [-0.1, -0.05) is 19.1 Å². The third-order valence-corrected chi connectivity index (χ3v) is 20.9. The van der Waals surface area contributed by atoms with Gasteiger partial charge < -0.3 is 9.53 Å². The standard InChI is InChI=1S/C11H24O3Si2/c1-11(7-6-10(12)13)8-9-15(2,3)16(4,5)14-11/h6-9H2,1-5H3,(H,12,13). The molecule has 0 aromatic heterocycles. The van der Waals surface area contributed by atoms with Crippen LogP contribution in [0.5, 0.6) is 0 Å². The van der Waals surface area contributed by atoms with E-state index in [4.69, 9.17) is 9.53 Å². The molecule has 16 heavy (non-hydrogen) atoms. The molecule has 0 aliphatic carbocycles. The Morgan fingerprint density at radius 3 is 2.38 bits per heavy atom. The fourth-order valence-corrected chi connectivity index (χ4v) is 9.45. The van der Waals surface area contributed by atoms with E-state index in [-0.39, 0.29) is 12.0 Å². The zero-order valence-electron chi connectivity index (χ0n) is 11.1. The first-order valence-electron chi connectivity index (χ1n) is 6.00. The third-order valence-electron chi connectivity index (χ3n) is 4.28. The average molecular weight is 260 g/mol. The van der Waals surface area contributed by atoms with Crippen molar-refractivity contribution in [1.82, 2.24) is 0 Å². The third kappa shape index (κ3) is 2.95. The lowest BCUT2D eigenvalue weighted by molar-refractivity contribution is -0.138. The van der Waals surface area contributed by atoms with Crippen LogP contribution in [-0.4, -0.2) is 32.1 Å². The molecule has 1 atom stereocenters. The highest BCUT2D eigenvalue weighted by Crippen LogP contribution is 2.40. The molecule has 3 nitrogen and oxygen atoms in total. The van der Waals surface area contributed by atoms with E-state index in [1.54, 1.807) is 0 Å². The summed E-state index contributed by atoms with van der Waals surface area (Å²) >= 11 is 0. The fraction of sp³-hybridized carbons (Fsp3) is 0.909. The van der Waals surface area contributed by atoms with Gasteiger partial charge in [0.15, 0.2) is 7.83 Å². The van der Waals surface area contributed by atoms with Gasteiger partial charge in [-0.15, -0.1) is 0 Å². The lowest BCUT2D eigenvalue weighted by atomic mass is 9.97. The lowest BCUT2D eigenvalue weighted by Gasteiger charge is -2.50. The second-order valence-corrected chi connectivity index (χ2v) is 21.5. The number of carbonyl (C=O) groups is 1. The van der Waals surface area contributed by atoms with E-state index in [2.05, 4.69) is 33.1 Å². The van der Waals surface area contributed by atoms with Gasteiger partial charge >= 0.3 is 5.97 Å². The number of carboxylic acids is 1. The smallest absolute Gasteiger partial charge is 0.303 e. The molecule has 1 N–H and O–H groups in total. The number of aliphatic carboxylic acids is 1. The van der Waals surface area contributed by atoms with Crippen LogP contribution in [0.3, 0.4) is 0 Å². The summed E-state index contributed by atoms with van der Waals surface area (Å²) in [5.41, 5.74) is -0.184. The quantitative estimate of drug-likeness (QED) is 0.793. The Morgan fingerprint density at radius 1 is 1.38 bits per heavy atom. The summed E-state index contributed by atoms with van der Waals surface area (Å²) < 4.78 is 6.36. The molecule has 5 heteroatoms. The first-order chi connectivity index (χ1) is 7.08. The van der Waals surface area contributed by atoms with Gasteiger partial charge in [-0.3, -0.25) is 4.79 Å². The highest BCUT2D eigenvalue weighted by atomic mass is 29.3. The second kappa shape index (κ2) is 4.27. The number of rotatable bonds is 3. The Bertz CT molecular complexity index is 289. The van der Waals surface area contributed by atoms with E-state index in [1.165, 1.54) is 6.04 Å². The molecule has 1 rings (SSSR count). The normalized spacial score (nSPS) is 32.3. The van der Waals surface area contributed by atoms with Gasteiger partial charge in [0.2, 0.25) is 0 Å². The number of hydrogen-bond donors (Lipinski definition) is 1. The van der Waals surface area contributed by atoms with Crippen LogP contribution in [0.15, 0.2) is 0 Å². The maximum Gasteiger partial charge on any atom is 0.303 e. The molecule has 0 aromatic rings. The predicted octanol–water partition coefficient (Wildman–Crippen LogP) is 3.02. The van der Waals surface area contributed by atoms with E-state index < -0.39 is 21.4 Å². The lowest BCUT2D eigenvalue weighted by Crippen LogP contribution is -2.64. The Hall–Kier alpha value is -0.136. The van der Waals surface area contributed by atoms with Crippen molar-refractivity contribution in [2.24, 2.45) is 0 Å². The van der Waals surface area contributed by atoms with Crippen molar-refractivity contribution >= 4 is 21.4 Å². The molecule has 0 spiro atoms. The zero-order chi connectivity index (χ0) is 12.6. The van der Waals surface area contributed by atoms with Crippen molar-refractivity contribution in [2.75, 3.05) is 0 Å². The van der Waals surface area contributed by atoms with Crippen molar-refractivity contribution in [1.29, 1.82) is 0 Å². The maximum atomic E-state index is 10.6. The van der Waals surface area contributed by atoms with E-state index in [0.29, 0.717) is 6.42 Å². The van der Waals surface area contributed by atoms with Gasteiger partial charge in [0.1, 0.15) is 0 Å². The summed E-state index contributed by atoms with van der Waals surface area (Å²) in [6.45, 7) is 11.5. The molecule has 0 saturated carbocycles. The molecule has 1 aliphatic rings. The van der Waals surface area contributed by atoms with Crippen LogP contribution in [-0.2, 0) is 9.22 Å². The molecule has 1 fully saturated rings. The minimum Gasteiger partial charge on any atom is -0.481 e. The summed E-state index contributed by atoms with van der Waals surface area (Å²) in [7, 11) is -2.77. The van der Waals surface area contributed by atoms with Crippen LogP contribution in [0.1, 0.15) is 26.2 Å². The minimum absolute atomic E-state index is 0.184. The van der Waals surface area contributed by atoms with Crippen LogP contribution in [0, 0.1) is 0 Å². The summed E-state index contributed by atoms with van der Waals surface area (Å²) in [6.07, 6.45) is 1.92. The Labute approximate surface area is 100 Å². The van der Waals surface area contributed by atoms with Crippen molar-refractivity contribution in [2.45, 2.75) is 64.0 Å². The van der Waals surface area contributed by atoms with Crippen LogP contribution in [0.25, 0.3) is 0 Å². The SMILES string of the molecule is CC1(CCC(=O)O)CC[Si](C)(C)[Si](C)(C)O1. The van der Waals surface area contributed by atoms with Crippen molar-refractivity contribution in [3.8, 4) is 0 Å². The first-order valence-corrected chi connectivity index (χ1v) is 13.1. The van der Waals surface area contributed by atoms with Gasteiger partial charge in [-0.25, -0.2) is 0 Å². The largest absolute Gasteiger partial charge is 0.481 e. The minimum atomic E-state index is -1.58. The Balaban J connectivity index is 2.70. The summed E-state index contributed by atoms with van der Waals surface area (Å²) in [4.78, 5) is 10.6. The monoisotopic (exact) mass is 260 g/mol. The summed E-state index contributed by atoms with van der Waals surface area (Å²) in [5, 5.41) is 8.76. The van der Waals surface area contributed by atoms with Gasteiger partial charge in [0.05, 0.1) is 13.2 Å². The van der Waals surface area contributed by atoms with Gasteiger partial charge in [0.25, 0.3) is 0 Å². The topological polar surface area (TPSA) is 46.5 Å². The molecule has 0 bridgehead atoms. The molecular weight excluding hydrogens is 236 g/mol. The fourth-order valence-electron chi connectivity index (χ4n) is 2.23. The van der Waals surface area contributed by atoms with Gasteiger partial charge in [-0.2, -0.15) is 0 Å². The molecule has 0 radical (unpaired) electrons. The summed E-state index contributed by atoms with van der Waals surface area (Å²) in [5.74, 6) is -0.716. The average Bonchev–Trinajstić information content (AvgIpc) is 2.10. The van der Waals surface area contributed by atoms with Crippen LogP contribution < -0.4 is 0 Å². The van der Waals surface area contributed by atoms with Gasteiger partial charge in [0, 0.05) is 6.42 Å². The van der Waals surface area contributed by atoms with Crippen molar-refractivity contribution in [3.63, 3.8) is 0 Å². The summed E-state index contributed by atoms with van der Waals surface area (Å²) in [6, 6.07) is 1.28. The number of carboxylic acid groups (broad SMARTS) is 1. The molecule has 0 amide bonds. The van der Waals surface area contributed by atoms with Crippen LogP contribution in [0.4, 0.5) is 0 Å². The van der Waals surface area contributed by atoms with E-state index in [0.717, 1.165) is 6.42 Å². The van der Waals surface area contributed by atoms with E-state index in [1.807, 2.05) is 0 Å². The predicted molar refractivity (Wildman–Crippen MR) is 70.7 cm³/mol. The van der Waals surface area contributed by atoms with E-state index >= 15 is 0 Å².